The van der Waals surface area contributed by atoms with Gasteiger partial charge in [-0.25, -0.2) is 4.79 Å². The summed E-state index contributed by atoms with van der Waals surface area (Å²) >= 11 is 0. The van der Waals surface area contributed by atoms with Crippen molar-refractivity contribution in [2.75, 3.05) is 13.1 Å². The summed E-state index contributed by atoms with van der Waals surface area (Å²) in [4.78, 5) is 9.37. The van der Waals surface area contributed by atoms with E-state index < -0.39 is 6.16 Å². The molecule has 4 heteroatoms. The molecule has 0 spiro atoms. The highest BCUT2D eigenvalue weighted by Gasteiger charge is 1.88. The van der Waals surface area contributed by atoms with Gasteiger partial charge in [-0.05, 0) is 0 Å². The Balaban J connectivity index is 2.82. The maximum Gasteiger partial charge on any atom is 0.397 e. The lowest BCUT2D eigenvalue weighted by Crippen LogP contribution is -2.24. The van der Waals surface area contributed by atoms with E-state index in [0.29, 0.717) is 0 Å². The van der Waals surface area contributed by atoms with Crippen LogP contribution in [-0.2, 0) is 0 Å². The topological polar surface area (TPSA) is 55.1 Å². The lowest BCUT2D eigenvalue weighted by Gasteiger charge is -1.90. The first kappa shape index (κ1) is 6.36. The van der Waals surface area contributed by atoms with Crippen molar-refractivity contribution in [3.05, 3.63) is 0 Å². The lowest BCUT2D eigenvalue weighted by atomic mass is 10.7. The van der Waals surface area contributed by atoms with Gasteiger partial charge in [-0.2, -0.15) is 0 Å². The smallest absolute Gasteiger partial charge is 0.329 e. The average Bonchev–Trinajstić information content (AvgIpc) is 1.61. The van der Waals surface area contributed by atoms with Gasteiger partial charge >= 0.3 is 6.16 Å². The summed E-state index contributed by atoms with van der Waals surface area (Å²) in [5, 5.41) is 1.86. The molecule has 42 valence electrons. The van der Waals surface area contributed by atoms with Crippen LogP contribution >= 0.6 is 0 Å². The minimum atomic E-state index is -1.52. The Morgan fingerprint density at radius 2 is 2.43 bits per heavy atom. The monoisotopic (exact) mass is 106 g/mol. The number of rotatable bonds is 2. The summed E-state index contributed by atoms with van der Waals surface area (Å²) in [5.41, 5.74) is 4.90. The normalized spacial score (nSPS) is 8.29. The number of amides is 1. The van der Waals surface area contributed by atoms with Crippen LogP contribution in [0.1, 0.15) is 0 Å². The Kier molecular flexibility index (Phi) is 3.22. The molecule has 0 bridgehead atoms. The Morgan fingerprint density at radius 1 is 1.86 bits per heavy atom. The van der Waals surface area contributed by atoms with Gasteiger partial charge in [-0.1, -0.05) is 0 Å². The SMILES string of the molecule is NCCNC(=O)F. The van der Waals surface area contributed by atoms with Crippen molar-refractivity contribution < 1.29 is 9.18 Å². The minimum absolute atomic E-state index is 0.204. The van der Waals surface area contributed by atoms with Crippen LogP contribution in [-0.4, -0.2) is 19.3 Å². The van der Waals surface area contributed by atoms with Crippen LogP contribution in [0.2, 0.25) is 0 Å². The molecule has 0 saturated carbocycles. The molecular weight excluding hydrogens is 99.0 g/mol. The minimum Gasteiger partial charge on any atom is -0.329 e. The van der Waals surface area contributed by atoms with Crippen molar-refractivity contribution in [1.82, 2.24) is 5.32 Å². The zero-order valence-electron chi connectivity index (χ0n) is 3.78. The maximum atomic E-state index is 11.1. The molecule has 1 amide bonds. The van der Waals surface area contributed by atoms with Gasteiger partial charge in [0.2, 0.25) is 0 Å². The summed E-state index contributed by atoms with van der Waals surface area (Å²) < 4.78 is 11.1. The molecule has 0 aliphatic rings. The number of carbonyl (C=O) groups excluding carboxylic acids is 1. The number of halogens is 1. The van der Waals surface area contributed by atoms with E-state index in [1.807, 2.05) is 5.32 Å². The van der Waals surface area contributed by atoms with Crippen molar-refractivity contribution in [1.29, 1.82) is 0 Å². The van der Waals surface area contributed by atoms with Gasteiger partial charge < -0.3 is 11.1 Å². The highest BCUT2D eigenvalue weighted by molar-refractivity contribution is 5.65. The number of nitrogens with one attached hydrogen (secondary N) is 1. The van der Waals surface area contributed by atoms with Gasteiger partial charge in [0.05, 0.1) is 0 Å². The van der Waals surface area contributed by atoms with E-state index in [1.54, 1.807) is 0 Å². The zero-order valence-corrected chi connectivity index (χ0v) is 3.78. The van der Waals surface area contributed by atoms with Gasteiger partial charge in [-0.3, -0.25) is 0 Å². The zero-order chi connectivity index (χ0) is 5.70. The van der Waals surface area contributed by atoms with Crippen LogP contribution in [0.5, 0.6) is 0 Å². The fourth-order valence-electron chi connectivity index (χ4n) is 0.170. The second-order valence-corrected chi connectivity index (χ2v) is 0.989. The van der Waals surface area contributed by atoms with Crippen molar-refractivity contribution in [2.24, 2.45) is 5.73 Å². The fraction of sp³-hybridized carbons (Fsp3) is 0.667. The van der Waals surface area contributed by atoms with E-state index in [9.17, 15) is 9.18 Å². The van der Waals surface area contributed by atoms with E-state index in [4.69, 9.17) is 5.73 Å². The molecule has 0 heterocycles. The quantitative estimate of drug-likeness (QED) is 0.372. The first-order valence-corrected chi connectivity index (χ1v) is 1.90. The van der Waals surface area contributed by atoms with Crippen LogP contribution in [0.15, 0.2) is 0 Å². The predicted octanol–water partition coefficient (Wildman–Crippen LogP) is -0.376. The molecule has 0 aliphatic heterocycles. The standard InChI is InChI=1S/C3H7FN2O/c4-3(7)6-2-1-5/h1-2,5H2,(H,6,7). The summed E-state index contributed by atoms with van der Waals surface area (Å²) in [7, 11) is 0. The van der Waals surface area contributed by atoms with E-state index in [2.05, 4.69) is 0 Å². The molecule has 0 radical (unpaired) electrons. The number of hydrogen-bond acceptors (Lipinski definition) is 2. The van der Waals surface area contributed by atoms with Gasteiger partial charge in [0.1, 0.15) is 0 Å². The van der Waals surface area contributed by atoms with E-state index >= 15 is 0 Å². The second kappa shape index (κ2) is 3.55. The summed E-state index contributed by atoms with van der Waals surface area (Å²) in [6, 6.07) is 0. The molecule has 3 nitrogen and oxygen atoms in total. The van der Waals surface area contributed by atoms with E-state index in [-0.39, 0.29) is 13.1 Å². The molecule has 0 aromatic rings. The molecule has 0 fully saturated rings. The number of hydrogen-bond donors (Lipinski definition) is 2. The largest absolute Gasteiger partial charge is 0.397 e. The van der Waals surface area contributed by atoms with Crippen molar-refractivity contribution >= 4 is 6.16 Å². The van der Waals surface area contributed by atoms with Crippen LogP contribution < -0.4 is 11.1 Å². The van der Waals surface area contributed by atoms with Crippen molar-refractivity contribution in [2.45, 2.75) is 0 Å². The lowest BCUT2D eigenvalue weighted by molar-refractivity contribution is 0.222. The van der Waals surface area contributed by atoms with Crippen molar-refractivity contribution in [3.63, 3.8) is 0 Å². The summed E-state index contributed by atoms with van der Waals surface area (Å²) in [5.74, 6) is 0. The van der Waals surface area contributed by atoms with Gasteiger partial charge in [0.15, 0.2) is 0 Å². The van der Waals surface area contributed by atoms with Gasteiger partial charge in [0, 0.05) is 13.1 Å². The highest BCUT2D eigenvalue weighted by Crippen LogP contribution is 1.64. The number of nitrogens with two attached hydrogens (primary N) is 1. The molecule has 0 aromatic carbocycles. The van der Waals surface area contributed by atoms with Crippen LogP contribution in [0.4, 0.5) is 9.18 Å². The molecule has 0 atom stereocenters. The highest BCUT2D eigenvalue weighted by atomic mass is 19.1. The number of carbonyl (C=O) groups is 1. The molecule has 0 aromatic heterocycles. The third kappa shape index (κ3) is 5.36. The first-order chi connectivity index (χ1) is 3.27. The predicted molar refractivity (Wildman–Crippen MR) is 23.6 cm³/mol. The molecule has 0 saturated heterocycles. The Hall–Kier alpha value is -0.640. The summed E-state index contributed by atoms with van der Waals surface area (Å²) in [6.45, 7) is 0.477. The van der Waals surface area contributed by atoms with E-state index in [0.717, 1.165) is 0 Å². The Labute approximate surface area is 40.7 Å². The van der Waals surface area contributed by atoms with Crippen LogP contribution in [0.25, 0.3) is 0 Å². The first-order valence-electron chi connectivity index (χ1n) is 1.90. The van der Waals surface area contributed by atoms with Crippen molar-refractivity contribution in [3.8, 4) is 0 Å². The fourth-order valence-corrected chi connectivity index (χ4v) is 0.170. The average molecular weight is 106 g/mol. The van der Waals surface area contributed by atoms with Gasteiger partial charge in [-0.15, -0.1) is 4.39 Å². The Bertz CT molecular complexity index is 66.0. The molecule has 3 N–H and O–H groups in total. The third-order valence-electron chi connectivity index (χ3n) is 0.408. The molecule has 0 rings (SSSR count). The van der Waals surface area contributed by atoms with Crippen LogP contribution in [0.3, 0.4) is 0 Å². The molecular formula is C3H7FN2O. The second-order valence-electron chi connectivity index (χ2n) is 0.989. The van der Waals surface area contributed by atoms with Crippen LogP contribution in [0, 0.1) is 0 Å². The molecule has 0 aliphatic carbocycles. The molecule has 7 heavy (non-hydrogen) atoms. The Morgan fingerprint density at radius 3 is 2.57 bits per heavy atom. The molecule has 0 unspecified atom stereocenters. The summed E-state index contributed by atoms with van der Waals surface area (Å²) in [6.07, 6.45) is -1.52. The van der Waals surface area contributed by atoms with Gasteiger partial charge in [0.25, 0.3) is 0 Å². The van der Waals surface area contributed by atoms with E-state index in [1.165, 1.54) is 0 Å². The third-order valence-corrected chi connectivity index (χ3v) is 0.408. The maximum absolute atomic E-state index is 11.1.